The SMILES string of the molecule is CCCc1cc(C2(c3ccc(O)c(CCC)c3)c3ccccc3-c3ccccc32)ccc1O.CCc1cc(C2(c3ccc(O)c(CC)c3)c3ccccc3-c3ccccc32)ccc1O. The average Bonchev–Trinajstić information content (AvgIpc) is 3.80. The molecule has 0 radical (unpaired) electrons. The fourth-order valence-corrected chi connectivity index (χ4v) is 10.8. The number of aromatic hydroxyl groups is 4. The fourth-order valence-electron chi connectivity index (χ4n) is 10.8. The van der Waals surface area contributed by atoms with Gasteiger partial charge in [-0.05, 0) is 139 Å². The summed E-state index contributed by atoms with van der Waals surface area (Å²) in [6.45, 7) is 8.41. The van der Waals surface area contributed by atoms with Crippen LogP contribution in [0.5, 0.6) is 23.0 Å². The number of benzene rings is 8. The molecule has 0 aliphatic heterocycles. The molecule has 64 heavy (non-hydrogen) atoms. The Labute approximate surface area is 377 Å². The topological polar surface area (TPSA) is 80.9 Å². The van der Waals surface area contributed by atoms with Crippen molar-refractivity contribution in [3.63, 3.8) is 0 Å². The Kier molecular flexibility index (Phi) is 11.4. The van der Waals surface area contributed by atoms with Crippen molar-refractivity contribution in [3.05, 3.63) is 237 Å². The molecule has 0 saturated heterocycles. The van der Waals surface area contributed by atoms with E-state index < -0.39 is 10.8 Å². The molecule has 0 spiro atoms. The summed E-state index contributed by atoms with van der Waals surface area (Å²) in [4.78, 5) is 0. The number of rotatable bonds is 10. The minimum atomic E-state index is -0.514. The van der Waals surface area contributed by atoms with E-state index in [1.165, 1.54) is 44.5 Å². The van der Waals surface area contributed by atoms with Gasteiger partial charge in [0.25, 0.3) is 0 Å². The third kappa shape index (κ3) is 6.66. The lowest BCUT2D eigenvalue weighted by molar-refractivity contribution is 0.466. The predicted octanol–water partition coefficient (Wildman–Crippen LogP) is 14.0. The van der Waals surface area contributed by atoms with E-state index in [1.54, 1.807) is 0 Å². The van der Waals surface area contributed by atoms with Crippen LogP contribution in [-0.2, 0) is 36.5 Å². The molecular weight excluding hydrogens is 785 g/mol. The lowest BCUT2D eigenvalue weighted by Gasteiger charge is -2.34. The summed E-state index contributed by atoms with van der Waals surface area (Å²) in [5, 5.41) is 42.0. The normalized spacial score (nSPS) is 13.6. The standard InChI is InChI=1S/C31H30O2.C29H26O2/c1-3-9-21-19-23(15-17-29(21)32)31(24-16-18-30(33)22(20-24)10-4-2)27-13-7-5-11-25(27)26-12-6-8-14-28(26)31;1-3-19-17-21(13-15-27(19)30)29(22-14-16-28(31)20(4-2)18-22)25-11-7-5-9-23(25)24-10-6-8-12-26(24)29/h5-8,11-20,32-33H,3-4,9-10H2,1-2H3;5-18,30-31H,3-4H2,1-2H3. The lowest BCUT2D eigenvalue weighted by Crippen LogP contribution is -2.29. The van der Waals surface area contributed by atoms with Crippen LogP contribution in [0.3, 0.4) is 0 Å². The van der Waals surface area contributed by atoms with Gasteiger partial charge in [-0.3, -0.25) is 0 Å². The van der Waals surface area contributed by atoms with Crippen molar-refractivity contribution in [3.8, 4) is 45.3 Å². The Morgan fingerprint density at radius 3 is 0.828 bits per heavy atom. The summed E-state index contributed by atoms with van der Waals surface area (Å²) in [7, 11) is 0. The Bertz CT molecular complexity index is 2810. The van der Waals surface area contributed by atoms with E-state index in [0.717, 1.165) is 83.0 Å². The molecule has 0 saturated carbocycles. The van der Waals surface area contributed by atoms with Gasteiger partial charge in [-0.2, -0.15) is 0 Å². The summed E-state index contributed by atoms with van der Waals surface area (Å²) < 4.78 is 0. The quantitative estimate of drug-likeness (QED) is 0.111. The Hall–Kier alpha value is -7.04. The predicted molar refractivity (Wildman–Crippen MR) is 261 cm³/mol. The van der Waals surface area contributed by atoms with Crippen molar-refractivity contribution in [1.82, 2.24) is 0 Å². The Morgan fingerprint density at radius 1 is 0.312 bits per heavy atom. The van der Waals surface area contributed by atoms with Crippen molar-refractivity contribution in [2.75, 3.05) is 0 Å². The van der Waals surface area contributed by atoms with Gasteiger partial charge in [0.2, 0.25) is 0 Å². The van der Waals surface area contributed by atoms with Crippen LogP contribution >= 0.6 is 0 Å². The Balaban J connectivity index is 0.000000162. The van der Waals surface area contributed by atoms with Crippen LogP contribution in [-0.4, -0.2) is 20.4 Å². The summed E-state index contributed by atoms with van der Waals surface area (Å²) >= 11 is 0. The van der Waals surface area contributed by atoms with Gasteiger partial charge in [0, 0.05) is 0 Å². The Morgan fingerprint density at radius 2 is 0.562 bits per heavy atom. The van der Waals surface area contributed by atoms with Crippen LogP contribution in [0.2, 0.25) is 0 Å². The van der Waals surface area contributed by atoms with Crippen molar-refractivity contribution < 1.29 is 20.4 Å². The molecule has 4 nitrogen and oxygen atoms in total. The van der Waals surface area contributed by atoms with Gasteiger partial charge in [0.05, 0.1) is 10.8 Å². The third-order valence-electron chi connectivity index (χ3n) is 13.8. The molecule has 4 heteroatoms. The van der Waals surface area contributed by atoms with Crippen molar-refractivity contribution in [2.24, 2.45) is 0 Å². The highest BCUT2D eigenvalue weighted by atomic mass is 16.3. The minimum absolute atomic E-state index is 0.334. The molecule has 2 aliphatic rings. The second kappa shape index (κ2) is 17.3. The number of hydrogen-bond donors (Lipinski definition) is 4. The number of aryl methyl sites for hydroxylation is 4. The first kappa shape index (κ1) is 42.3. The average molecular weight is 841 g/mol. The number of fused-ring (bicyclic) bond motifs is 6. The summed E-state index contributed by atoms with van der Waals surface area (Å²) in [6, 6.07) is 58.7. The maximum Gasteiger partial charge on any atom is 0.118 e. The molecule has 4 N–H and O–H groups in total. The third-order valence-corrected chi connectivity index (χ3v) is 13.8. The van der Waals surface area contributed by atoms with Crippen LogP contribution in [0.1, 0.15) is 107 Å². The zero-order chi connectivity index (χ0) is 44.6. The molecule has 0 heterocycles. The highest BCUT2D eigenvalue weighted by molar-refractivity contribution is 5.88. The van der Waals surface area contributed by atoms with Gasteiger partial charge in [-0.15, -0.1) is 0 Å². The van der Waals surface area contributed by atoms with E-state index in [9.17, 15) is 20.4 Å². The van der Waals surface area contributed by atoms with E-state index in [0.29, 0.717) is 23.0 Å². The molecular formula is C60H56O4. The molecule has 0 amide bonds. The van der Waals surface area contributed by atoms with Gasteiger partial charge < -0.3 is 20.4 Å². The van der Waals surface area contributed by atoms with E-state index >= 15 is 0 Å². The van der Waals surface area contributed by atoms with Gasteiger partial charge in [0.1, 0.15) is 23.0 Å². The molecule has 8 aromatic carbocycles. The first-order chi connectivity index (χ1) is 31.2. The van der Waals surface area contributed by atoms with E-state index in [1.807, 2.05) is 36.4 Å². The monoisotopic (exact) mass is 840 g/mol. The maximum atomic E-state index is 10.6. The molecule has 320 valence electrons. The molecule has 0 aromatic heterocycles. The van der Waals surface area contributed by atoms with Crippen molar-refractivity contribution in [1.29, 1.82) is 0 Å². The zero-order valence-electron chi connectivity index (χ0n) is 37.2. The molecule has 8 aromatic rings. The van der Waals surface area contributed by atoms with E-state index in [-0.39, 0.29) is 0 Å². The van der Waals surface area contributed by atoms with Crippen LogP contribution in [0.15, 0.2) is 170 Å². The lowest BCUT2D eigenvalue weighted by atomic mass is 9.67. The molecule has 2 aliphatic carbocycles. The van der Waals surface area contributed by atoms with Gasteiger partial charge >= 0.3 is 0 Å². The van der Waals surface area contributed by atoms with Crippen molar-refractivity contribution in [2.45, 2.75) is 77.0 Å². The van der Waals surface area contributed by atoms with Gasteiger partial charge in [-0.1, -0.05) is 186 Å². The van der Waals surface area contributed by atoms with Crippen LogP contribution in [0.4, 0.5) is 0 Å². The van der Waals surface area contributed by atoms with Crippen LogP contribution in [0.25, 0.3) is 22.3 Å². The van der Waals surface area contributed by atoms with Gasteiger partial charge in [-0.25, -0.2) is 0 Å². The number of phenols is 4. The van der Waals surface area contributed by atoms with Crippen LogP contribution < -0.4 is 0 Å². The number of hydrogen-bond acceptors (Lipinski definition) is 4. The van der Waals surface area contributed by atoms with E-state index in [2.05, 4.69) is 161 Å². The van der Waals surface area contributed by atoms with Crippen LogP contribution in [0, 0.1) is 0 Å². The zero-order valence-corrected chi connectivity index (χ0v) is 37.2. The first-order valence-corrected chi connectivity index (χ1v) is 22.9. The first-order valence-electron chi connectivity index (χ1n) is 22.9. The summed E-state index contributed by atoms with van der Waals surface area (Å²) in [6.07, 6.45) is 5.11. The summed E-state index contributed by atoms with van der Waals surface area (Å²) in [5.41, 5.74) is 17.3. The second-order valence-corrected chi connectivity index (χ2v) is 17.3. The minimum Gasteiger partial charge on any atom is -0.508 e. The molecule has 0 atom stereocenters. The van der Waals surface area contributed by atoms with Gasteiger partial charge in [0.15, 0.2) is 0 Å². The molecule has 0 unspecified atom stereocenters. The largest absolute Gasteiger partial charge is 0.508 e. The number of phenolic OH excluding ortho intramolecular Hbond substituents is 4. The molecule has 10 rings (SSSR count). The highest BCUT2D eigenvalue weighted by Gasteiger charge is 2.47. The molecule has 0 bridgehead atoms. The maximum absolute atomic E-state index is 10.6. The van der Waals surface area contributed by atoms with E-state index in [4.69, 9.17) is 0 Å². The highest BCUT2D eigenvalue weighted by Crippen LogP contribution is 2.58. The summed E-state index contributed by atoms with van der Waals surface area (Å²) in [5.74, 6) is 1.38. The van der Waals surface area contributed by atoms with Crippen molar-refractivity contribution >= 4 is 0 Å². The second-order valence-electron chi connectivity index (χ2n) is 17.3. The fraction of sp³-hybridized carbons (Fsp3) is 0.200. The molecule has 0 fully saturated rings. The smallest absolute Gasteiger partial charge is 0.118 e.